The molecule has 0 saturated heterocycles. The maximum atomic E-state index is 17.9. The third kappa shape index (κ3) is 8.14. The number of hydrogen-bond acceptors (Lipinski definition) is 4. The van der Waals surface area contributed by atoms with Gasteiger partial charge in [-0.2, -0.15) is 0 Å². The fourth-order valence-corrected chi connectivity index (χ4v) is 32.4. The van der Waals surface area contributed by atoms with Gasteiger partial charge in [0.1, 0.15) is 0 Å². The molecule has 4 nitrogen and oxygen atoms in total. The monoisotopic (exact) mass is 974 g/mol. The predicted molar refractivity (Wildman–Crippen MR) is 255 cm³/mol. The fraction of sp³-hybridized carbons (Fsp3) is 0. The molecule has 0 radical (unpaired) electrons. The summed E-state index contributed by atoms with van der Waals surface area (Å²) in [6.45, 7) is 0. The van der Waals surface area contributed by atoms with Gasteiger partial charge >= 0.3 is 378 Å². The van der Waals surface area contributed by atoms with Crippen molar-refractivity contribution in [3.05, 3.63) is 273 Å². The van der Waals surface area contributed by atoms with Crippen molar-refractivity contribution in [1.82, 2.24) is 0 Å². The molecule has 0 aromatic heterocycles. The van der Waals surface area contributed by atoms with Gasteiger partial charge in [0.15, 0.2) is 0 Å². The molecule has 0 fully saturated rings. The van der Waals surface area contributed by atoms with Crippen molar-refractivity contribution in [2.75, 3.05) is 0 Å². The van der Waals surface area contributed by atoms with E-state index in [4.69, 9.17) is 7.38 Å². The Labute approximate surface area is 375 Å². The van der Waals surface area contributed by atoms with Gasteiger partial charge in [0.25, 0.3) is 0 Å². The van der Waals surface area contributed by atoms with E-state index < -0.39 is 51.0 Å². The molecule has 9 aromatic carbocycles. The molecule has 0 bridgehead atoms. The van der Waals surface area contributed by atoms with Crippen molar-refractivity contribution in [2.24, 2.45) is 0 Å². The quantitative estimate of drug-likeness (QED) is 0.0960. The molecule has 0 atom stereocenters. The molecule has 0 spiro atoms. The zero-order valence-corrected chi connectivity index (χ0v) is 38.8. The van der Waals surface area contributed by atoms with Crippen molar-refractivity contribution in [2.45, 2.75) is 44.1 Å². The van der Waals surface area contributed by atoms with Crippen LogP contribution in [0.3, 0.4) is 0 Å². The molecule has 62 heavy (non-hydrogen) atoms. The van der Waals surface area contributed by atoms with Crippen LogP contribution in [0.2, 0.25) is 0 Å². The van der Waals surface area contributed by atoms with Crippen LogP contribution in [0.25, 0.3) is 0 Å². The van der Waals surface area contributed by atoms with Gasteiger partial charge in [0, 0.05) is 0 Å². The molecule has 9 aromatic rings. The van der Waals surface area contributed by atoms with Crippen LogP contribution >= 0.6 is 30.9 Å². The first-order valence-electron chi connectivity index (χ1n) is 20.3. The number of rotatable bonds is 15. The van der Waals surface area contributed by atoms with Crippen LogP contribution in [0, 0.1) is 0 Å². The molecule has 308 valence electrons. The molecule has 0 aliphatic carbocycles. The normalized spacial score (nSPS) is 12.9. The summed E-state index contributed by atoms with van der Waals surface area (Å²) in [5.41, 5.74) is 0. The molecule has 9 rings (SSSR count). The van der Waals surface area contributed by atoms with E-state index in [0.29, 0.717) is 0 Å². The summed E-state index contributed by atoms with van der Waals surface area (Å²) in [5, 5.41) is 0. The van der Waals surface area contributed by atoms with E-state index in [2.05, 4.69) is 109 Å². The SMILES string of the molecule is [O]=[Sb]([O]S(c1ccccc1)(c1ccccc1)c1ccccc1)([O]S(c1ccccc1)(c1ccccc1)c1ccccc1)[O]S(c1ccccc1)(c1ccccc1)c1ccccc1. The van der Waals surface area contributed by atoms with Crippen LogP contribution < -0.4 is 0 Å². The van der Waals surface area contributed by atoms with Crippen molar-refractivity contribution in [3.8, 4) is 0 Å². The van der Waals surface area contributed by atoms with Gasteiger partial charge < -0.3 is 0 Å². The first-order chi connectivity index (χ1) is 30.6. The third-order valence-corrected chi connectivity index (χ3v) is 30.4. The van der Waals surface area contributed by atoms with Crippen molar-refractivity contribution in [3.63, 3.8) is 0 Å². The first kappa shape index (κ1) is 41.9. The van der Waals surface area contributed by atoms with E-state index in [9.17, 15) is 0 Å². The standard InChI is InChI=1S/3C18H16OS.O.Sb/c3*19-20(16-10-4-1-5-11-16,17-12-6-2-7-13-17)18-14-8-3-9-15-18;;/h3*1-15,19H;;/q;;;;+3/p-3. The van der Waals surface area contributed by atoms with Gasteiger partial charge in [0.2, 0.25) is 0 Å². The van der Waals surface area contributed by atoms with Crippen molar-refractivity contribution < 1.29 is 10.4 Å². The summed E-state index contributed by atoms with van der Waals surface area (Å²) in [6, 6.07) is 91.3. The van der Waals surface area contributed by atoms with Crippen LogP contribution in [-0.4, -0.2) is 20.1 Å². The summed E-state index contributed by atoms with van der Waals surface area (Å²) in [5.74, 6) is 0. The molecule has 0 unspecified atom stereocenters. The van der Waals surface area contributed by atoms with Gasteiger partial charge in [-0.3, -0.25) is 0 Å². The Morgan fingerprint density at radius 3 is 0.435 bits per heavy atom. The summed E-state index contributed by atoms with van der Waals surface area (Å²) in [7, 11) is -8.63. The predicted octanol–water partition coefficient (Wildman–Crippen LogP) is 15.6. The second-order valence-electron chi connectivity index (χ2n) is 14.2. The van der Waals surface area contributed by atoms with E-state index in [1.807, 2.05) is 164 Å². The summed E-state index contributed by atoms with van der Waals surface area (Å²) >= 11 is -6.49. The molecule has 0 heterocycles. The van der Waals surface area contributed by atoms with Crippen LogP contribution in [-0.2, 0) is 10.4 Å². The fourth-order valence-electron chi connectivity index (χ4n) is 7.57. The van der Waals surface area contributed by atoms with Crippen LogP contribution in [0.5, 0.6) is 0 Å². The Bertz CT molecular complexity index is 2220. The zero-order chi connectivity index (χ0) is 42.1. The van der Waals surface area contributed by atoms with E-state index in [0.717, 1.165) is 44.1 Å². The van der Waals surface area contributed by atoms with Crippen LogP contribution in [0.4, 0.5) is 0 Å². The Morgan fingerprint density at radius 2 is 0.323 bits per heavy atom. The van der Waals surface area contributed by atoms with E-state index in [-0.39, 0.29) is 0 Å². The zero-order valence-electron chi connectivity index (χ0n) is 33.8. The summed E-state index contributed by atoms with van der Waals surface area (Å²) in [4.78, 5) is 7.74. The van der Waals surface area contributed by atoms with Gasteiger partial charge in [-0.15, -0.1) is 0 Å². The van der Waals surface area contributed by atoms with Gasteiger partial charge in [-0.1, -0.05) is 0 Å². The Morgan fingerprint density at radius 1 is 0.210 bits per heavy atom. The second kappa shape index (κ2) is 18.9. The van der Waals surface area contributed by atoms with E-state index >= 15 is 3.02 Å². The molecular weight excluding hydrogens is 931 g/mol. The first-order valence-corrected chi connectivity index (χ1v) is 29.1. The van der Waals surface area contributed by atoms with Crippen molar-refractivity contribution in [1.29, 1.82) is 0 Å². The van der Waals surface area contributed by atoms with Crippen LogP contribution in [0.1, 0.15) is 0 Å². The van der Waals surface area contributed by atoms with E-state index in [1.165, 1.54) is 0 Å². The topological polar surface area (TPSA) is 44.8 Å². The Hall–Kier alpha value is -5.47. The Balaban J connectivity index is 1.42. The van der Waals surface area contributed by atoms with Gasteiger partial charge in [0.05, 0.1) is 0 Å². The average molecular weight is 976 g/mol. The molecule has 0 aliphatic heterocycles. The molecule has 0 N–H and O–H groups in total. The van der Waals surface area contributed by atoms with Gasteiger partial charge in [-0.25, -0.2) is 0 Å². The molecule has 8 heteroatoms. The van der Waals surface area contributed by atoms with E-state index in [1.54, 1.807) is 0 Å². The molecule has 0 amide bonds. The van der Waals surface area contributed by atoms with Gasteiger partial charge in [-0.05, 0) is 0 Å². The van der Waals surface area contributed by atoms with Crippen molar-refractivity contribution >= 4 is 51.0 Å². The molecular formula is C54H45O4S3Sb. The summed E-state index contributed by atoms with van der Waals surface area (Å²) < 4.78 is 41.8. The number of benzene rings is 9. The molecule has 0 aliphatic rings. The Kier molecular flexibility index (Phi) is 12.7. The maximum absolute atomic E-state index is 17.9. The van der Waals surface area contributed by atoms with Crippen LogP contribution in [0.15, 0.2) is 317 Å². The number of hydrogen-bond donors (Lipinski definition) is 0. The minimum atomic E-state index is -6.49. The summed E-state index contributed by atoms with van der Waals surface area (Å²) in [6.07, 6.45) is 0. The second-order valence-corrected chi connectivity index (χ2v) is 28.6. The molecule has 0 saturated carbocycles. The minimum absolute atomic E-state index is 0.860. The third-order valence-electron chi connectivity index (χ3n) is 10.3. The average Bonchev–Trinajstić information content (AvgIpc) is 3.37.